The predicted octanol–water partition coefficient (Wildman–Crippen LogP) is 15.4. The molecule has 11 aliphatic rings. The third-order valence-corrected chi connectivity index (χ3v) is 23.3. The molecule has 0 bridgehead atoms. The summed E-state index contributed by atoms with van der Waals surface area (Å²) in [5.74, 6) is 6.34. The smallest absolute Gasteiger partial charge is 0.132 e. The predicted molar refractivity (Wildman–Crippen MR) is 267 cm³/mol. The van der Waals surface area contributed by atoms with Gasteiger partial charge in [-0.3, -0.25) is 19.5 Å². The maximum atomic E-state index is 13.2. The summed E-state index contributed by atoms with van der Waals surface area (Å²) in [5, 5.41) is 0. The first kappa shape index (κ1) is 46.0. The molecule has 0 aromatic heterocycles. The zero-order valence-electron chi connectivity index (χ0n) is 41.8. The van der Waals surface area contributed by atoms with Gasteiger partial charge in [0.25, 0.3) is 0 Å². The molecule has 64 heavy (non-hydrogen) atoms. The highest BCUT2D eigenvalue weighted by molar-refractivity contribution is 5.79. The molecular formula is C60H101N3O. The average Bonchev–Trinajstić information content (AvgIpc) is 3.62. The lowest BCUT2D eigenvalue weighted by molar-refractivity contribution is -0.125. The van der Waals surface area contributed by atoms with E-state index in [0.29, 0.717) is 11.2 Å². The number of carbonyl (C=O) groups is 1. The quantitative estimate of drug-likeness (QED) is 0.218. The maximum absolute atomic E-state index is 13.2. The molecule has 0 N–H and O–H groups in total. The van der Waals surface area contributed by atoms with Crippen LogP contribution in [0.2, 0.25) is 0 Å². The van der Waals surface area contributed by atoms with Crippen molar-refractivity contribution in [3.63, 3.8) is 0 Å². The number of hydrogen-bond acceptors (Lipinski definition) is 4. The Morgan fingerprint density at radius 3 is 0.875 bits per heavy atom. The van der Waals surface area contributed by atoms with Crippen LogP contribution in [-0.2, 0) is 4.79 Å². The van der Waals surface area contributed by atoms with Gasteiger partial charge < -0.3 is 0 Å². The first-order valence-electron chi connectivity index (χ1n) is 30.5. The van der Waals surface area contributed by atoms with Gasteiger partial charge in [0, 0.05) is 67.2 Å². The molecular weight excluding hydrogens is 779 g/mol. The number of carbonyl (C=O) groups excluding carboxylic acids is 1. The summed E-state index contributed by atoms with van der Waals surface area (Å²) in [6.07, 6.45) is 62.7. The monoisotopic (exact) mass is 880 g/mol. The van der Waals surface area contributed by atoms with Gasteiger partial charge in [0.1, 0.15) is 5.78 Å². The van der Waals surface area contributed by atoms with Crippen molar-refractivity contribution in [2.24, 2.45) is 40.9 Å². The van der Waals surface area contributed by atoms with Gasteiger partial charge in [0.15, 0.2) is 0 Å². The number of fused-ring (bicyclic) bond motifs is 5. The Balaban J connectivity index is 0.771. The minimum atomic E-state index is 0.462. The Labute approximate surface area is 395 Å². The molecule has 6 unspecified atom stereocenters. The molecule has 0 aliphatic heterocycles. The largest absolute Gasteiger partial charge is 0.300 e. The molecule has 11 saturated carbocycles. The van der Waals surface area contributed by atoms with Gasteiger partial charge in [0.05, 0.1) is 0 Å². The number of rotatable bonds is 10. The maximum Gasteiger partial charge on any atom is 0.132 e. The van der Waals surface area contributed by atoms with E-state index >= 15 is 0 Å². The van der Waals surface area contributed by atoms with Crippen LogP contribution in [-0.4, -0.2) is 74.9 Å². The van der Waals surface area contributed by atoms with Gasteiger partial charge in [-0.25, -0.2) is 0 Å². The molecule has 11 rings (SSSR count). The third-order valence-electron chi connectivity index (χ3n) is 23.3. The molecule has 11 fully saturated rings. The van der Waals surface area contributed by atoms with E-state index < -0.39 is 0 Å². The molecule has 4 nitrogen and oxygen atoms in total. The Bertz CT molecular complexity index is 1400. The minimum Gasteiger partial charge on any atom is -0.300 e. The van der Waals surface area contributed by atoms with E-state index in [-0.39, 0.29) is 0 Å². The van der Waals surface area contributed by atoms with Gasteiger partial charge in [-0.2, -0.15) is 0 Å². The van der Waals surface area contributed by atoms with Crippen LogP contribution < -0.4 is 0 Å². The Hall–Kier alpha value is -0.450. The van der Waals surface area contributed by atoms with E-state index in [2.05, 4.69) is 14.7 Å². The number of ketones is 1. The number of hydrogen-bond donors (Lipinski definition) is 0. The second-order valence-electron chi connectivity index (χ2n) is 26.2. The van der Waals surface area contributed by atoms with Crippen LogP contribution in [0.4, 0.5) is 0 Å². The van der Waals surface area contributed by atoms with Gasteiger partial charge in [-0.15, -0.1) is 0 Å². The van der Waals surface area contributed by atoms with Crippen LogP contribution >= 0.6 is 0 Å². The van der Waals surface area contributed by atoms with Crippen LogP contribution in [0.25, 0.3) is 0 Å². The van der Waals surface area contributed by atoms with Crippen molar-refractivity contribution in [2.45, 2.75) is 330 Å². The molecule has 0 radical (unpaired) electrons. The minimum absolute atomic E-state index is 0.462. The third kappa shape index (κ3) is 9.57. The second-order valence-corrected chi connectivity index (χ2v) is 26.2. The molecule has 0 aromatic carbocycles. The molecule has 1 spiro atoms. The molecule has 4 heteroatoms. The highest BCUT2D eigenvalue weighted by Crippen LogP contribution is 2.68. The van der Waals surface area contributed by atoms with Crippen LogP contribution in [0, 0.1) is 40.9 Å². The molecule has 0 heterocycles. The second kappa shape index (κ2) is 21.3. The standard InChI is InChI=1S/C60H101N3O/c64-55-38-40-60(41-39-55)58-42-53(62(48-20-10-3-11-21-48)49-22-12-4-13-23-49)34-36-56(58)57-37-35-54(43-59(57)60)63(50-24-14-5-15-25-50)52-32-28-45(29-33-52)44-26-30-51(31-27-44)61(46-16-6-1-7-17-46)47-18-8-2-9-19-47/h44-54,56-59H,1-43H2. The zero-order valence-corrected chi connectivity index (χ0v) is 41.8. The lowest BCUT2D eigenvalue weighted by atomic mass is 9.57. The number of nitrogens with zero attached hydrogens (tertiary/aromatic N) is 3. The van der Waals surface area contributed by atoms with Crippen molar-refractivity contribution in [2.75, 3.05) is 0 Å². The Kier molecular flexibility index (Phi) is 15.3. The van der Waals surface area contributed by atoms with Crippen LogP contribution in [0.3, 0.4) is 0 Å². The van der Waals surface area contributed by atoms with E-state index in [4.69, 9.17) is 0 Å². The van der Waals surface area contributed by atoms with Crippen LogP contribution in [0.5, 0.6) is 0 Å². The van der Waals surface area contributed by atoms with Crippen LogP contribution in [0.15, 0.2) is 0 Å². The van der Waals surface area contributed by atoms with Gasteiger partial charge in [-0.1, -0.05) is 96.3 Å². The topological polar surface area (TPSA) is 26.8 Å². The summed E-state index contributed by atoms with van der Waals surface area (Å²) in [7, 11) is 0. The van der Waals surface area contributed by atoms with Crippen molar-refractivity contribution in [1.82, 2.24) is 14.7 Å². The molecule has 0 saturated heterocycles. The van der Waals surface area contributed by atoms with E-state index in [9.17, 15) is 4.79 Å². The Morgan fingerprint density at radius 1 is 0.297 bits per heavy atom. The molecule has 0 amide bonds. The van der Waals surface area contributed by atoms with E-state index in [1.165, 1.54) is 250 Å². The fourth-order valence-electron chi connectivity index (χ4n) is 20.6. The molecule has 6 atom stereocenters. The summed E-state index contributed by atoms with van der Waals surface area (Å²) in [4.78, 5) is 23.0. The molecule has 362 valence electrons. The van der Waals surface area contributed by atoms with Crippen LogP contribution in [0.1, 0.15) is 276 Å². The first-order valence-corrected chi connectivity index (χ1v) is 30.5. The SMILES string of the molecule is O=C1CCC2(CC1)C1CC(N(C3CCCCC3)C3CCCCC3)CCC1C1CCC(N(C3CCCCC3)C3CCC(C4CCC(N(C5CCCCC5)C5CCCCC5)CC4)CC3)CC12. The molecule has 11 aliphatic carbocycles. The Morgan fingerprint density at radius 2 is 0.562 bits per heavy atom. The summed E-state index contributed by atoms with van der Waals surface area (Å²) >= 11 is 0. The summed E-state index contributed by atoms with van der Waals surface area (Å²) in [6.45, 7) is 0. The highest BCUT2D eigenvalue weighted by Gasteiger charge is 2.63. The lowest BCUT2D eigenvalue weighted by Crippen LogP contribution is -2.55. The van der Waals surface area contributed by atoms with E-state index in [0.717, 1.165) is 103 Å². The zero-order chi connectivity index (χ0) is 42.9. The summed E-state index contributed by atoms with van der Waals surface area (Å²) < 4.78 is 0. The van der Waals surface area contributed by atoms with Crippen molar-refractivity contribution >= 4 is 5.78 Å². The average molecular weight is 880 g/mol. The lowest BCUT2D eigenvalue weighted by Gasteiger charge is -2.54. The summed E-state index contributed by atoms with van der Waals surface area (Å²) in [5.41, 5.74) is 0.462. The van der Waals surface area contributed by atoms with Crippen molar-refractivity contribution in [3.05, 3.63) is 0 Å². The normalized spacial score (nSPS) is 40.6. The van der Waals surface area contributed by atoms with Crippen molar-refractivity contribution in [1.29, 1.82) is 0 Å². The summed E-state index contributed by atoms with van der Waals surface area (Å²) in [6, 6.07) is 7.82. The highest BCUT2D eigenvalue weighted by atomic mass is 16.1. The number of Topliss-reactive ketones (excluding diaryl/α,β-unsaturated/α-hetero) is 1. The fourth-order valence-corrected chi connectivity index (χ4v) is 20.6. The van der Waals surface area contributed by atoms with Gasteiger partial charge in [0.2, 0.25) is 0 Å². The van der Waals surface area contributed by atoms with Gasteiger partial charge >= 0.3 is 0 Å². The van der Waals surface area contributed by atoms with Crippen molar-refractivity contribution < 1.29 is 4.79 Å². The van der Waals surface area contributed by atoms with Gasteiger partial charge in [-0.05, 0) is 208 Å². The first-order chi connectivity index (χ1) is 31.6. The van der Waals surface area contributed by atoms with Crippen molar-refractivity contribution in [3.8, 4) is 0 Å². The fraction of sp³-hybridized carbons (Fsp3) is 0.983. The van der Waals surface area contributed by atoms with E-state index in [1.54, 1.807) is 12.8 Å². The van der Waals surface area contributed by atoms with E-state index in [1.807, 2.05) is 0 Å². The molecule has 0 aromatic rings.